The Hall–Kier alpha value is -4.06. The van der Waals surface area contributed by atoms with Crippen molar-refractivity contribution >= 4 is 11.0 Å². The lowest BCUT2D eigenvalue weighted by molar-refractivity contribution is -0.138. The van der Waals surface area contributed by atoms with Gasteiger partial charge in [-0.2, -0.15) is 13.2 Å². The van der Waals surface area contributed by atoms with Crippen LogP contribution in [-0.2, 0) is 25.7 Å². The summed E-state index contributed by atoms with van der Waals surface area (Å²) in [6.45, 7) is 8.95. The Morgan fingerprint density at radius 2 is 1.59 bits per heavy atom. The first-order valence-electron chi connectivity index (χ1n) is 14.0. The maximum Gasteiger partial charge on any atom is 0.416 e. The molecule has 1 unspecified atom stereocenters. The fourth-order valence-corrected chi connectivity index (χ4v) is 5.35. The molecule has 0 N–H and O–H groups in total. The number of alkyl halides is 3. The van der Waals surface area contributed by atoms with Crippen LogP contribution < -0.4 is 4.74 Å². The highest BCUT2D eigenvalue weighted by atomic mass is 19.4. The van der Waals surface area contributed by atoms with E-state index in [2.05, 4.69) is 51.1 Å². The van der Waals surface area contributed by atoms with Gasteiger partial charge >= 0.3 is 6.18 Å². The van der Waals surface area contributed by atoms with Crippen molar-refractivity contribution in [1.29, 1.82) is 0 Å². The summed E-state index contributed by atoms with van der Waals surface area (Å²) in [5.74, 6) is 1.80. The highest BCUT2D eigenvalue weighted by Crippen LogP contribution is 2.35. The Balaban J connectivity index is 1.53. The average molecular weight is 557 g/mol. The fourth-order valence-electron chi connectivity index (χ4n) is 5.35. The highest BCUT2D eigenvalue weighted by molar-refractivity contribution is 5.78. The lowest BCUT2D eigenvalue weighted by Gasteiger charge is -2.18. The number of aryl methyl sites for hydroxylation is 1. The van der Waals surface area contributed by atoms with Crippen LogP contribution >= 0.6 is 0 Å². The van der Waals surface area contributed by atoms with E-state index in [-0.39, 0.29) is 18.0 Å². The zero-order chi connectivity index (χ0) is 29.1. The van der Waals surface area contributed by atoms with Gasteiger partial charge in [0.05, 0.1) is 16.6 Å². The van der Waals surface area contributed by atoms with Crippen LogP contribution in [0.15, 0.2) is 91.0 Å². The molecule has 0 radical (unpaired) electrons. The number of hydrogen-bond acceptors (Lipinski definition) is 2. The Kier molecular flexibility index (Phi) is 8.20. The Morgan fingerprint density at radius 1 is 0.829 bits per heavy atom. The second-order valence-corrected chi connectivity index (χ2v) is 11.2. The van der Waals surface area contributed by atoms with E-state index in [0.717, 1.165) is 34.7 Å². The quantitative estimate of drug-likeness (QED) is 0.181. The molecule has 6 heteroatoms. The third kappa shape index (κ3) is 6.64. The number of benzene rings is 4. The van der Waals surface area contributed by atoms with Gasteiger partial charge in [-0.1, -0.05) is 93.1 Å². The lowest BCUT2D eigenvalue weighted by atomic mass is 9.96. The minimum atomic E-state index is -4.44. The maximum atomic E-state index is 13.9. The van der Waals surface area contributed by atoms with E-state index in [1.807, 2.05) is 47.9 Å². The minimum Gasteiger partial charge on any atom is -0.489 e. The van der Waals surface area contributed by atoms with Crippen molar-refractivity contribution in [2.24, 2.45) is 5.92 Å². The molecular weight excluding hydrogens is 521 g/mol. The molecule has 0 amide bonds. The summed E-state index contributed by atoms with van der Waals surface area (Å²) in [7, 11) is 0. The number of rotatable bonds is 9. The molecule has 1 atom stereocenters. The molecule has 41 heavy (non-hydrogen) atoms. The van der Waals surface area contributed by atoms with E-state index in [1.165, 1.54) is 11.6 Å². The zero-order valence-electron chi connectivity index (χ0n) is 23.9. The molecule has 3 nitrogen and oxygen atoms in total. The van der Waals surface area contributed by atoms with E-state index in [4.69, 9.17) is 9.72 Å². The minimum absolute atomic E-state index is 0.0563. The van der Waals surface area contributed by atoms with Crippen molar-refractivity contribution in [2.45, 2.75) is 59.4 Å². The maximum absolute atomic E-state index is 13.9. The smallest absolute Gasteiger partial charge is 0.416 e. The van der Waals surface area contributed by atoms with E-state index in [9.17, 15) is 13.2 Å². The van der Waals surface area contributed by atoms with Gasteiger partial charge in [0, 0.05) is 18.5 Å². The van der Waals surface area contributed by atoms with Gasteiger partial charge in [-0.15, -0.1) is 0 Å². The van der Waals surface area contributed by atoms with Crippen LogP contribution in [0.5, 0.6) is 5.75 Å². The summed E-state index contributed by atoms with van der Waals surface area (Å²) in [6.07, 6.45) is -3.45. The molecule has 0 aliphatic rings. The fraction of sp³-hybridized carbons (Fsp3) is 0.286. The van der Waals surface area contributed by atoms with E-state index in [0.29, 0.717) is 29.6 Å². The molecule has 5 aromatic rings. The number of imidazole rings is 1. The highest BCUT2D eigenvalue weighted by Gasteiger charge is 2.33. The molecule has 0 saturated carbocycles. The van der Waals surface area contributed by atoms with Crippen LogP contribution in [-0.4, -0.2) is 9.55 Å². The number of hydrogen-bond donors (Lipinski definition) is 0. The molecule has 0 aliphatic carbocycles. The molecule has 0 aliphatic heterocycles. The number of ether oxygens (including phenoxy) is 1. The molecule has 0 spiro atoms. The second kappa shape index (κ2) is 11.8. The average Bonchev–Trinajstić information content (AvgIpc) is 3.29. The zero-order valence-corrected chi connectivity index (χ0v) is 23.9. The number of aromatic nitrogens is 2. The van der Waals surface area contributed by atoms with E-state index >= 15 is 0 Å². The van der Waals surface area contributed by atoms with Crippen molar-refractivity contribution in [3.05, 3.63) is 130 Å². The van der Waals surface area contributed by atoms with Gasteiger partial charge in [0.25, 0.3) is 0 Å². The first kappa shape index (κ1) is 28.5. The molecule has 1 heterocycles. The summed E-state index contributed by atoms with van der Waals surface area (Å²) in [5, 5.41) is 0. The molecule has 0 bridgehead atoms. The lowest BCUT2D eigenvalue weighted by Crippen LogP contribution is -2.14. The predicted molar refractivity (Wildman–Crippen MR) is 158 cm³/mol. The Morgan fingerprint density at radius 3 is 2.29 bits per heavy atom. The summed E-state index contributed by atoms with van der Waals surface area (Å²) in [4.78, 5) is 4.98. The number of halogens is 3. The van der Waals surface area contributed by atoms with Crippen molar-refractivity contribution in [3.8, 4) is 5.75 Å². The second-order valence-electron chi connectivity index (χ2n) is 11.2. The Bertz CT molecular complexity index is 1630. The SMILES string of the molecule is Cc1cccc(COc2ccc3c(c2)nc(C(C)c2ccc(CC(C)C)cc2)n3Cc2ccccc2C(F)(F)F)c1. The summed E-state index contributed by atoms with van der Waals surface area (Å²) in [6, 6.07) is 28.0. The van der Waals surface area contributed by atoms with Crippen molar-refractivity contribution in [3.63, 3.8) is 0 Å². The molecule has 0 saturated heterocycles. The van der Waals surface area contributed by atoms with Crippen LogP contribution in [0.2, 0.25) is 0 Å². The Labute approximate surface area is 239 Å². The van der Waals surface area contributed by atoms with Gasteiger partial charge in [-0.3, -0.25) is 0 Å². The third-order valence-electron chi connectivity index (χ3n) is 7.40. The summed E-state index contributed by atoms with van der Waals surface area (Å²) in [5.41, 5.74) is 5.59. The standard InChI is InChI=1S/C35H35F3N2O/c1-23(2)18-26-12-14-28(15-13-26)25(4)34-39-32-20-30(41-22-27-9-7-8-24(3)19-27)16-17-33(32)40(34)21-29-10-5-6-11-31(29)35(36,37)38/h5-17,19-20,23,25H,18,21-22H2,1-4H3. The molecule has 0 fully saturated rings. The van der Waals surface area contributed by atoms with Gasteiger partial charge in [0.15, 0.2) is 0 Å². The van der Waals surface area contributed by atoms with Crippen LogP contribution in [0.4, 0.5) is 13.2 Å². The summed E-state index contributed by atoms with van der Waals surface area (Å²) < 4.78 is 49.7. The van der Waals surface area contributed by atoms with Gasteiger partial charge < -0.3 is 9.30 Å². The largest absolute Gasteiger partial charge is 0.489 e. The van der Waals surface area contributed by atoms with Crippen LogP contribution in [0.1, 0.15) is 65.9 Å². The molecular formula is C35H35F3N2O. The van der Waals surface area contributed by atoms with Gasteiger partial charge in [-0.25, -0.2) is 4.98 Å². The van der Waals surface area contributed by atoms with Gasteiger partial charge in [0.2, 0.25) is 0 Å². The molecule has 212 valence electrons. The normalized spacial score (nSPS) is 12.7. The molecule has 5 rings (SSSR count). The van der Waals surface area contributed by atoms with Crippen LogP contribution in [0.3, 0.4) is 0 Å². The van der Waals surface area contributed by atoms with Crippen molar-refractivity contribution in [1.82, 2.24) is 9.55 Å². The third-order valence-corrected chi connectivity index (χ3v) is 7.40. The molecule has 1 aromatic heterocycles. The molecule has 4 aromatic carbocycles. The van der Waals surface area contributed by atoms with E-state index < -0.39 is 11.7 Å². The first-order chi connectivity index (χ1) is 19.6. The number of fused-ring (bicyclic) bond motifs is 1. The number of nitrogens with zero attached hydrogens (tertiary/aromatic N) is 2. The topological polar surface area (TPSA) is 27.1 Å². The first-order valence-corrected chi connectivity index (χ1v) is 14.0. The predicted octanol–water partition coefficient (Wildman–Crippen LogP) is 9.34. The monoisotopic (exact) mass is 556 g/mol. The van der Waals surface area contributed by atoms with Gasteiger partial charge in [0.1, 0.15) is 18.2 Å². The van der Waals surface area contributed by atoms with Crippen LogP contribution in [0.25, 0.3) is 11.0 Å². The van der Waals surface area contributed by atoms with Crippen LogP contribution in [0, 0.1) is 12.8 Å². The van der Waals surface area contributed by atoms with Gasteiger partial charge in [-0.05, 0) is 59.7 Å². The van der Waals surface area contributed by atoms with Crippen molar-refractivity contribution < 1.29 is 17.9 Å². The summed E-state index contributed by atoms with van der Waals surface area (Å²) >= 11 is 0. The van der Waals surface area contributed by atoms with E-state index in [1.54, 1.807) is 12.1 Å². The van der Waals surface area contributed by atoms with Crippen molar-refractivity contribution in [2.75, 3.05) is 0 Å².